The number of ether oxygens (including phenoxy) is 7. The number of aliphatic hydroxyl groups is 5. The number of halogens is 1. The Morgan fingerprint density at radius 1 is 0.948 bits per heavy atom. The maximum Gasteiger partial charge on any atom is 0.311 e. The second-order valence-electron chi connectivity index (χ2n) is 23.4. The van der Waals surface area contributed by atoms with Crippen LogP contribution in [0.4, 0.5) is 4.39 Å². The van der Waals surface area contributed by atoms with Crippen molar-refractivity contribution in [2.75, 3.05) is 48.1 Å². The number of hydrazine groups is 2. The molecule has 2 aromatic rings. The van der Waals surface area contributed by atoms with E-state index in [-0.39, 0.29) is 25.2 Å². The minimum absolute atomic E-state index is 0.0877. The van der Waals surface area contributed by atoms with Crippen molar-refractivity contribution in [2.24, 2.45) is 17.8 Å². The zero-order chi connectivity index (χ0) is 56.9. The molecule has 6 rings (SSSR count). The lowest BCUT2D eigenvalue weighted by Gasteiger charge is -2.49. The minimum Gasteiger partial charge on any atom is -0.459 e. The number of aromatic nitrogens is 1. The van der Waals surface area contributed by atoms with Gasteiger partial charge in [-0.3, -0.25) is 14.8 Å². The molecule has 3 fully saturated rings. The number of alkyl halides is 1. The van der Waals surface area contributed by atoms with Gasteiger partial charge in [-0.15, -0.1) is 5.53 Å². The van der Waals surface area contributed by atoms with Gasteiger partial charge in [0.2, 0.25) is 0 Å². The van der Waals surface area contributed by atoms with Crippen molar-refractivity contribution in [1.29, 1.82) is 0 Å². The molecular weight excluding hydrogens is 996 g/mol. The van der Waals surface area contributed by atoms with Crippen molar-refractivity contribution in [3.05, 3.63) is 65.7 Å². The molecule has 20 heteroatoms. The Bertz CT molecular complexity index is 2210. The topological polar surface area (TPSA) is 229 Å². The molecule has 4 aliphatic heterocycles. The number of rotatable bonds is 16. The molecule has 436 valence electrons. The van der Waals surface area contributed by atoms with E-state index in [1.54, 1.807) is 53.7 Å². The highest BCUT2D eigenvalue weighted by atomic mass is 19.1. The Morgan fingerprint density at radius 3 is 2.23 bits per heavy atom. The van der Waals surface area contributed by atoms with E-state index < -0.39 is 127 Å². The van der Waals surface area contributed by atoms with Gasteiger partial charge in [-0.2, -0.15) is 0 Å². The van der Waals surface area contributed by atoms with Gasteiger partial charge in [-0.05, 0) is 112 Å². The smallest absolute Gasteiger partial charge is 0.311 e. The molecule has 0 unspecified atom stereocenters. The van der Waals surface area contributed by atoms with Crippen molar-refractivity contribution in [2.45, 2.75) is 211 Å². The predicted octanol–water partition coefficient (Wildman–Crippen LogP) is 4.92. The van der Waals surface area contributed by atoms with Crippen LogP contribution in [0.5, 0.6) is 0 Å². The molecule has 19 nitrogen and oxygen atoms in total. The van der Waals surface area contributed by atoms with Crippen LogP contribution in [-0.4, -0.2) is 196 Å². The number of aliphatic hydroxyl groups excluding tert-OH is 3. The number of benzene rings is 1. The largest absolute Gasteiger partial charge is 0.459 e. The quantitative estimate of drug-likeness (QED) is 0.111. The number of hydrogen-bond acceptors (Lipinski definition) is 19. The van der Waals surface area contributed by atoms with Crippen LogP contribution in [0.3, 0.4) is 0 Å². The van der Waals surface area contributed by atoms with E-state index in [0.29, 0.717) is 25.9 Å². The zero-order valence-electron chi connectivity index (χ0n) is 48.3. The van der Waals surface area contributed by atoms with Gasteiger partial charge in [0.1, 0.15) is 48.8 Å². The van der Waals surface area contributed by atoms with Crippen molar-refractivity contribution in [3.63, 3.8) is 0 Å². The molecule has 0 radical (unpaired) electrons. The first kappa shape index (κ1) is 62.7. The summed E-state index contributed by atoms with van der Waals surface area (Å²) in [7, 11) is 6.82. The molecule has 20 atom stereocenters. The first-order valence-electron chi connectivity index (χ1n) is 27.6. The average molecular weight is 1090 g/mol. The highest BCUT2D eigenvalue weighted by Crippen LogP contribution is 2.41. The van der Waals surface area contributed by atoms with Crippen molar-refractivity contribution in [1.82, 2.24) is 30.8 Å². The number of nitrogens with one attached hydrogen (secondary N) is 2. The van der Waals surface area contributed by atoms with Gasteiger partial charge >= 0.3 is 5.97 Å². The SMILES string of the molecule is CC[C@H]1OC(=O)[C@H](C)[C@@H](O[C@H]2C[C@@](C)(OC)[C@@H](O)[C@H](C)O2)[C@H](C)[C@@H](O[C@@H]2O[C@H](C)C[C@H](N(C)CCC3=CN([C@H](CF)[C@H](OC)c4ccc(-c5ccc(C)nc5)cc4)NN3)[C@H]2O)[C@](C)(O)C[C@@H](C)CN(C)[C@H](C)[C@@H](O)[C@]1(C)O. The Labute approximate surface area is 456 Å². The molecule has 4 aliphatic rings. The summed E-state index contributed by atoms with van der Waals surface area (Å²) in [5, 5.41) is 61.6. The summed E-state index contributed by atoms with van der Waals surface area (Å²) in [6.45, 7) is 19.6. The van der Waals surface area contributed by atoms with Crippen LogP contribution in [0.25, 0.3) is 11.1 Å². The molecule has 5 heterocycles. The first-order chi connectivity index (χ1) is 36.2. The van der Waals surface area contributed by atoms with Crippen molar-refractivity contribution in [3.8, 4) is 11.1 Å². The highest BCUT2D eigenvalue weighted by molar-refractivity contribution is 5.73. The number of aryl methyl sites for hydroxylation is 1. The molecule has 1 aromatic heterocycles. The molecular formula is C57H93FN6O13. The molecule has 0 amide bonds. The van der Waals surface area contributed by atoms with Crippen LogP contribution in [-0.2, 0) is 38.0 Å². The van der Waals surface area contributed by atoms with Gasteiger partial charge in [0, 0.05) is 87.5 Å². The van der Waals surface area contributed by atoms with E-state index in [1.165, 1.54) is 14.0 Å². The van der Waals surface area contributed by atoms with Gasteiger partial charge in [-0.25, -0.2) is 4.39 Å². The zero-order valence-corrected chi connectivity index (χ0v) is 48.3. The number of carbonyl (C=O) groups excluding carboxylic acids is 1. The highest BCUT2D eigenvalue weighted by Gasteiger charge is 2.53. The number of methoxy groups -OCH3 is 2. The summed E-state index contributed by atoms with van der Waals surface area (Å²) in [5.74, 6) is -2.86. The molecule has 1 aromatic carbocycles. The van der Waals surface area contributed by atoms with Crippen LogP contribution in [0, 0.1) is 24.7 Å². The molecule has 3 saturated heterocycles. The fourth-order valence-corrected chi connectivity index (χ4v) is 12.1. The molecule has 7 N–H and O–H groups in total. The summed E-state index contributed by atoms with van der Waals surface area (Å²) >= 11 is 0. The Hall–Kier alpha value is -3.45. The third-order valence-electron chi connectivity index (χ3n) is 17.1. The Morgan fingerprint density at radius 2 is 1.62 bits per heavy atom. The number of carbonyl (C=O) groups is 1. The molecule has 0 spiro atoms. The third-order valence-corrected chi connectivity index (χ3v) is 17.1. The predicted molar refractivity (Wildman–Crippen MR) is 288 cm³/mol. The standard InChI is InChI=1S/C57H93FN6O13/c1-16-45-57(11,70)50(66)37(7)63(13)30-32(2)26-55(9,69)52(35(5)48(36(6)53(68)75-45)76-46-27-56(10,72-15)51(67)38(8)74-46)77-54-47(65)43(25-34(4)73-54)62(12)24-23-42-31-64(61-60-42)44(28-58)49(71-14)40-21-19-39(20-22-40)41-18-17-33(3)59-29-41/h17-22,29,31-32,34-38,43-52,54,60-61,65-67,69-70H,16,23-28,30H2,1-15H3/t32-,34-,35+,36-,37-,38+,43+,44-,45-,46+,47-,48+,49-,50-,51+,52-,54+,55-,56-,57-/m1/s1. The van der Waals surface area contributed by atoms with Crippen LogP contribution in [0.1, 0.15) is 119 Å². The second kappa shape index (κ2) is 26.4. The summed E-state index contributed by atoms with van der Waals surface area (Å²) in [6, 6.07) is 10.1. The minimum atomic E-state index is -1.85. The molecule has 0 aliphatic carbocycles. The number of cyclic esters (lactones) is 1. The number of pyridine rings is 1. The number of nitrogens with zero attached hydrogens (tertiary/aromatic N) is 4. The van der Waals surface area contributed by atoms with E-state index in [4.69, 9.17) is 33.2 Å². The van der Waals surface area contributed by atoms with Gasteiger partial charge in [0.15, 0.2) is 12.6 Å². The fourth-order valence-electron chi connectivity index (χ4n) is 12.1. The van der Waals surface area contributed by atoms with Gasteiger partial charge in [0.05, 0.1) is 41.5 Å². The first-order valence-corrected chi connectivity index (χ1v) is 27.6. The Kier molecular flexibility index (Phi) is 21.5. The number of esters is 1. The van der Waals surface area contributed by atoms with Crippen LogP contribution in [0.2, 0.25) is 0 Å². The number of hydrogen-bond donors (Lipinski definition) is 7. The van der Waals surface area contributed by atoms with E-state index in [9.17, 15) is 34.7 Å². The maximum absolute atomic E-state index is 15.0. The average Bonchev–Trinajstić information content (AvgIpc) is 3.87. The normalized spacial score (nSPS) is 39.0. The fraction of sp³-hybridized carbons (Fsp3) is 0.754. The summed E-state index contributed by atoms with van der Waals surface area (Å²) in [5.41, 5.74) is 6.23. The van der Waals surface area contributed by atoms with Gasteiger partial charge < -0.3 is 73.9 Å². The van der Waals surface area contributed by atoms with Gasteiger partial charge in [-0.1, -0.05) is 51.1 Å². The molecule has 77 heavy (non-hydrogen) atoms. The van der Waals surface area contributed by atoms with E-state index in [2.05, 4.69) is 15.9 Å². The van der Waals surface area contributed by atoms with E-state index >= 15 is 0 Å². The van der Waals surface area contributed by atoms with Crippen LogP contribution in [0.15, 0.2) is 54.5 Å². The lowest BCUT2D eigenvalue weighted by molar-refractivity contribution is -0.318. The summed E-state index contributed by atoms with van der Waals surface area (Å²) in [6.07, 6.45) is -5.80. The lowest BCUT2D eigenvalue weighted by Crippen LogP contribution is -2.61. The van der Waals surface area contributed by atoms with Crippen molar-refractivity contribution < 1.29 is 67.9 Å². The monoisotopic (exact) mass is 1090 g/mol. The van der Waals surface area contributed by atoms with E-state index in [0.717, 1.165) is 28.1 Å². The second-order valence-corrected chi connectivity index (χ2v) is 23.4. The van der Waals surface area contributed by atoms with Crippen LogP contribution < -0.4 is 11.0 Å². The summed E-state index contributed by atoms with van der Waals surface area (Å²) in [4.78, 5) is 22.9. The lowest BCUT2D eigenvalue weighted by atomic mass is 9.77. The van der Waals surface area contributed by atoms with Gasteiger partial charge in [0.25, 0.3) is 0 Å². The third kappa shape index (κ3) is 14.5. The van der Waals surface area contributed by atoms with E-state index in [1.807, 2.05) is 100 Å². The number of likely N-dealkylation sites (N-methyl/N-ethyl adjacent to an activating group) is 2. The molecule has 0 bridgehead atoms. The van der Waals surface area contributed by atoms with Crippen molar-refractivity contribution >= 4 is 5.97 Å². The summed E-state index contributed by atoms with van der Waals surface area (Å²) < 4.78 is 59.3. The maximum atomic E-state index is 15.0. The molecule has 0 saturated carbocycles. The van der Waals surface area contributed by atoms with Crippen LogP contribution >= 0.6 is 0 Å². The Balaban J connectivity index is 1.24.